The number of guanidine groups is 1. The minimum Gasteiger partial charge on any atom is -0.380 e. The molecular weight excluding hydrogens is 349 g/mol. The summed E-state index contributed by atoms with van der Waals surface area (Å²) in [5.41, 5.74) is 8.14. The van der Waals surface area contributed by atoms with Gasteiger partial charge in [-0.15, -0.1) is 0 Å². The largest absolute Gasteiger partial charge is 0.380 e. The third-order valence-corrected chi connectivity index (χ3v) is 3.50. The molecule has 2 aromatic rings. The molecule has 0 aliphatic carbocycles. The molecule has 0 saturated heterocycles. The highest BCUT2D eigenvalue weighted by atomic mass is 79.9. The van der Waals surface area contributed by atoms with Crippen LogP contribution in [0.1, 0.15) is 11.1 Å². The molecule has 0 radical (unpaired) electrons. The third-order valence-electron chi connectivity index (χ3n) is 3.01. The normalized spacial score (nSPS) is 11.5. The number of nitrogens with zero attached hydrogens (tertiary/aromatic N) is 1. The molecule has 0 saturated carbocycles. The van der Waals surface area contributed by atoms with Crippen molar-refractivity contribution in [1.29, 1.82) is 0 Å². The van der Waals surface area contributed by atoms with Gasteiger partial charge in [0, 0.05) is 28.4 Å². The molecule has 0 heterocycles. The summed E-state index contributed by atoms with van der Waals surface area (Å²) in [5.74, 6) is -0.0811. The first-order chi connectivity index (χ1) is 10.6. The Balaban J connectivity index is 2.08. The van der Waals surface area contributed by atoms with E-state index in [-0.39, 0.29) is 18.3 Å². The predicted molar refractivity (Wildman–Crippen MR) is 90.2 cm³/mol. The maximum atomic E-state index is 13.6. The molecule has 6 heteroatoms. The summed E-state index contributed by atoms with van der Waals surface area (Å²) >= 11 is 3.31. The van der Waals surface area contributed by atoms with Gasteiger partial charge >= 0.3 is 0 Å². The Labute approximate surface area is 137 Å². The molecule has 4 nitrogen and oxygen atoms in total. The highest BCUT2D eigenvalue weighted by Crippen LogP contribution is 2.17. The van der Waals surface area contributed by atoms with Gasteiger partial charge in [0.25, 0.3) is 0 Å². The van der Waals surface area contributed by atoms with Crippen molar-refractivity contribution in [3.63, 3.8) is 0 Å². The van der Waals surface area contributed by atoms with Crippen LogP contribution in [0.4, 0.5) is 10.1 Å². The van der Waals surface area contributed by atoms with E-state index in [4.69, 9.17) is 10.5 Å². The Hall–Kier alpha value is -1.92. The monoisotopic (exact) mass is 365 g/mol. The van der Waals surface area contributed by atoms with Gasteiger partial charge in [0.2, 0.25) is 0 Å². The van der Waals surface area contributed by atoms with Crippen molar-refractivity contribution in [2.75, 3.05) is 12.4 Å². The lowest BCUT2D eigenvalue weighted by atomic mass is 10.2. The Morgan fingerprint density at radius 3 is 2.82 bits per heavy atom. The second kappa shape index (κ2) is 7.91. The lowest BCUT2D eigenvalue weighted by molar-refractivity contribution is 0.185. The van der Waals surface area contributed by atoms with Crippen LogP contribution in [0.2, 0.25) is 0 Å². The first kappa shape index (κ1) is 16.5. The van der Waals surface area contributed by atoms with E-state index >= 15 is 0 Å². The lowest BCUT2D eigenvalue weighted by Gasteiger charge is -2.11. The number of ether oxygens (including phenoxy) is 1. The van der Waals surface area contributed by atoms with Crippen molar-refractivity contribution in [3.05, 3.63) is 63.9 Å². The summed E-state index contributed by atoms with van der Waals surface area (Å²) in [5, 5.41) is 3.01. The minimum atomic E-state index is -0.306. The van der Waals surface area contributed by atoms with Crippen LogP contribution in [0.25, 0.3) is 0 Å². The number of aliphatic imine (C=N–C) groups is 1. The van der Waals surface area contributed by atoms with E-state index in [2.05, 4.69) is 26.2 Å². The molecule has 0 unspecified atom stereocenters. The Bertz CT molecular complexity index is 676. The third kappa shape index (κ3) is 4.54. The van der Waals surface area contributed by atoms with Crippen molar-refractivity contribution in [3.8, 4) is 0 Å². The molecule has 3 N–H and O–H groups in total. The number of nitrogens with two attached hydrogens (primary N) is 1. The van der Waals surface area contributed by atoms with Crippen molar-refractivity contribution < 1.29 is 9.13 Å². The molecule has 0 spiro atoms. The predicted octanol–water partition coefficient (Wildman–Crippen LogP) is 3.66. The van der Waals surface area contributed by atoms with E-state index in [1.165, 1.54) is 6.07 Å². The van der Waals surface area contributed by atoms with Gasteiger partial charge in [-0.1, -0.05) is 34.1 Å². The summed E-state index contributed by atoms with van der Waals surface area (Å²) < 4.78 is 19.6. The van der Waals surface area contributed by atoms with Crippen LogP contribution < -0.4 is 11.1 Å². The van der Waals surface area contributed by atoms with E-state index in [1.54, 1.807) is 19.2 Å². The first-order valence-electron chi connectivity index (χ1n) is 6.68. The van der Waals surface area contributed by atoms with Gasteiger partial charge in [0.15, 0.2) is 5.96 Å². The molecule has 0 fully saturated rings. The molecular formula is C16H17BrFN3O. The molecule has 2 aromatic carbocycles. The van der Waals surface area contributed by atoms with Crippen molar-refractivity contribution >= 4 is 27.6 Å². The van der Waals surface area contributed by atoms with Gasteiger partial charge < -0.3 is 15.8 Å². The molecule has 0 atom stereocenters. The van der Waals surface area contributed by atoms with E-state index in [0.717, 1.165) is 15.7 Å². The summed E-state index contributed by atoms with van der Waals surface area (Å²) in [6.07, 6.45) is 0. The van der Waals surface area contributed by atoms with Crippen LogP contribution in [0, 0.1) is 5.82 Å². The SMILES string of the molecule is COCc1ccccc1NC(N)=NCc1cc(Br)ccc1F. The summed E-state index contributed by atoms with van der Waals surface area (Å²) in [4.78, 5) is 4.17. The van der Waals surface area contributed by atoms with E-state index < -0.39 is 0 Å². The van der Waals surface area contributed by atoms with Crippen LogP contribution in [0.3, 0.4) is 0 Å². The van der Waals surface area contributed by atoms with Crippen LogP contribution in [-0.4, -0.2) is 13.1 Å². The van der Waals surface area contributed by atoms with Gasteiger partial charge in [-0.3, -0.25) is 0 Å². The van der Waals surface area contributed by atoms with Crippen molar-refractivity contribution in [2.24, 2.45) is 10.7 Å². The average Bonchev–Trinajstić information content (AvgIpc) is 2.50. The zero-order valence-corrected chi connectivity index (χ0v) is 13.7. The fourth-order valence-corrected chi connectivity index (χ4v) is 2.34. The molecule has 0 amide bonds. The lowest BCUT2D eigenvalue weighted by Crippen LogP contribution is -2.23. The van der Waals surface area contributed by atoms with Gasteiger partial charge in [-0.05, 0) is 24.3 Å². The molecule has 0 aliphatic rings. The number of hydrogen-bond donors (Lipinski definition) is 2. The maximum absolute atomic E-state index is 13.6. The second-order valence-electron chi connectivity index (χ2n) is 4.65. The van der Waals surface area contributed by atoms with Crippen LogP contribution in [0.5, 0.6) is 0 Å². The number of methoxy groups -OCH3 is 1. The quantitative estimate of drug-likeness (QED) is 0.627. The topological polar surface area (TPSA) is 59.6 Å². The van der Waals surface area contributed by atoms with Crippen molar-refractivity contribution in [2.45, 2.75) is 13.2 Å². The van der Waals surface area contributed by atoms with Crippen molar-refractivity contribution in [1.82, 2.24) is 0 Å². The van der Waals surface area contributed by atoms with Crippen LogP contribution in [-0.2, 0) is 17.9 Å². The van der Waals surface area contributed by atoms with Crippen LogP contribution >= 0.6 is 15.9 Å². The zero-order chi connectivity index (χ0) is 15.9. The summed E-state index contributed by atoms with van der Waals surface area (Å²) in [6, 6.07) is 12.4. The molecule has 0 bridgehead atoms. The van der Waals surface area contributed by atoms with E-state index in [1.807, 2.05) is 24.3 Å². The molecule has 22 heavy (non-hydrogen) atoms. The number of halogens is 2. The fourth-order valence-electron chi connectivity index (χ4n) is 1.94. The molecule has 2 rings (SSSR count). The number of nitrogens with one attached hydrogen (secondary N) is 1. The smallest absolute Gasteiger partial charge is 0.193 e. The van der Waals surface area contributed by atoms with Gasteiger partial charge in [-0.2, -0.15) is 0 Å². The number of rotatable bonds is 5. The Kier molecular flexibility index (Phi) is 5.91. The zero-order valence-electron chi connectivity index (χ0n) is 12.1. The minimum absolute atomic E-state index is 0.163. The van der Waals surface area contributed by atoms with Gasteiger partial charge in [-0.25, -0.2) is 9.38 Å². The van der Waals surface area contributed by atoms with E-state index in [9.17, 15) is 4.39 Å². The molecule has 0 aliphatic heterocycles. The number of benzene rings is 2. The first-order valence-corrected chi connectivity index (χ1v) is 7.47. The molecule has 0 aromatic heterocycles. The fraction of sp³-hybridized carbons (Fsp3) is 0.188. The van der Waals surface area contributed by atoms with Gasteiger partial charge in [0.05, 0.1) is 13.2 Å². The molecule has 116 valence electrons. The number of para-hydroxylation sites is 1. The maximum Gasteiger partial charge on any atom is 0.193 e. The number of anilines is 1. The summed E-state index contributed by atoms with van der Waals surface area (Å²) in [7, 11) is 1.63. The van der Waals surface area contributed by atoms with E-state index in [0.29, 0.717) is 12.2 Å². The Morgan fingerprint density at radius 1 is 1.27 bits per heavy atom. The number of hydrogen-bond acceptors (Lipinski definition) is 2. The Morgan fingerprint density at radius 2 is 2.05 bits per heavy atom. The average molecular weight is 366 g/mol. The standard InChI is InChI=1S/C16H17BrFN3O/c1-22-10-11-4-2-3-5-15(11)21-16(19)20-9-12-8-13(17)6-7-14(12)18/h2-8H,9-10H2,1H3,(H3,19,20,21). The second-order valence-corrected chi connectivity index (χ2v) is 5.57. The highest BCUT2D eigenvalue weighted by Gasteiger charge is 2.04. The highest BCUT2D eigenvalue weighted by molar-refractivity contribution is 9.10. The van der Waals surface area contributed by atoms with Crippen LogP contribution in [0.15, 0.2) is 51.9 Å². The summed E-state index contributed by atoms with van der Waals surface area (Å²) in [6.45, 7) is 0.632. The van der Waals surface area contributed by atoms with Gasteiger partial charge in [0.1, 0.15) is 5.82 Å².